The van der Waals surface area contributed by atoms with Crippen molar-refractivity contribution in [3.8, 4) is 0 Å². The second-order valence-corrected chi connectivity index (χ2v) is 11.7. The molecule has 2 aliphatic heterocycles. The van der Waals surface area contributed by atoms with E-state index in [0.29, 0.717) is 12.1 Å². The summed E-state index contributed by atoms with van der Waals surface area (Å²) in [5, 5.41) is 11.8. The second kappa shape index (κ2) is 10.3. The average Bonchev–Trinajstić information content (AvgIpc) is 3.56. The van der Waals surface area contributed by atoms with E-state index in [1.165, 1.54) is 7.11 Å². The Bertz CT molecular complexity index is 1300. The minimum atomic E-state index is -0.894. The van der Waals surface area contributed by atoms with Crippen LogP contribution < -0.4 is 0 Å². The van der Waals surface area contributed by atoms with Gasteiger partial charge in [0.05, 0.1) is 6.10 Å². The second-order valence-electron chi connectivity index (χ2n) is 11.7. The van der Waals surface area contributed by atoms with Crippen LogP contribution in [0.4, 0.5) is 0 Å². The highest BCUT2D eigenvalue weighted by atomic mass is 16.6. The molecule has 1 spiro atoms. The molecule has 1 saturated carbocycles. The summed E-state index contributed by atoms with van der Waals surface area (Å²) in [6.45, 7) is 5.99. The molecule has 2 aliphatic carbocycles. The molecule has 0 amide bonds. The number of hydrogen-bond acceptors (Lipinski definition) is 7. The average molecular weight is 548 g/mol. The molecular weight excluding hydrogens is 510 g/mol. The van der Waals surface area contributed by atoms with Crippen LogP contribution in [0.15, 0.2) is 72.5 Å². The Hall–Kier alpha value is -3.20. The van der Waals surface area contributed by atoms with Gasteiger partial charge in [-0.05, 0) is 36.6 Å². The van der Waals surface area contributed by atoms with Crippen LogP contribution in [0.3, 0.4) is 0 Å². The molecule has 1 saturated heterocycles. The van der Waals surface area contributed by atoms with Crippen molar-refractivity contribution >= 4 is 11.9 Å². The number of carbonyl (C=O) groups is 2. The standard InChI is InChI=1S/C32H37NO7/c1-17-15-18(2)32-21(16-24(37-4)31(36)38-27(17)20-9-6-5-7-10-20)12-13-22-25(32)26(34)19(3)28(29(22)40-32)39-30(35)23-11-8-14-33-23/h5-15,17,19,21-22,24-29,33-34H,16H2,1-4H3/b18-15+/t17-,19+,21+,22+,24-,25-,26+,27-,28+,29+,32-/m0/s1. The zero-order chi connectivity index (χ0) is 28.2. The fraction of sp³-hybridized carbons (Fsp3) is 0.500. The van der Waals surface area contributed by atoms with E-state index in [1.54, 1.807) is 18.3 Å². The molecule has 6 rings (SSSR count). The molecule has 4 bridgehead atoms. The first-order valence-corrected chi connectivity index (χ1v) is 14.1. The van der Waals surface area contributed by atoms with E-state index < -0.39 is 48.1 Å². The topological polar surface area (TPSA) is 107 Å². The maximum atomic E-state index is 13.4. The summed E-state index contributed by atoms with van der Waals surface area (Å²) in [5.41, 5.74) is 1.33. The maximum absolute atomic E-state index is 13.4. The first-order valence-electron chi connectivity index (χ1n) is 14.1. The molecule has 8 nitrogen and oxygen atoms in total. The molecular formula is C32H37NO7. The molecule has 1 aromatic heterocycles. The fourth-order valence-corrected chi connectivity index (χ4v) is 7.60. The lowest BCUT2D eigenvalue weighted by molar-refractivity contribution is -0.166. The van der Waals surface area contributed by atoms with Crippen molar-refractivity contribution in [2.45, 2.75) is 63.3 Å². The van der Waals surface area contributed by atoms with Crippen molar-refractivity contribution < 1.29 is 33.6 Å². The molecule has 2 aromatic rings. The zero-order valence-corrected chi connectivity index (χ0v) is 23.2. The number of aromatic amines is 1. The van der Waals surface area contributed by atoms with Crippen LogP contribution in [0.5, 0.6) is 0 Å². The van der Waals surface area contributed by atoms with Crippen LogP contribution in [-0.2, 0) is 23.7 Å². The highest BCUT2D eigenvalue weighted by molar-refractivity contribution is 5.87. The molecule has 4 aliphatic rings. The van der Waals surface area contributed by atoms with Gasteiger partial charge >= 0.3 is 11.9 Å². The van der Waals surface area contributed by atoms with Crippen LogP contribution in [0.2, 0.25) is 0 Å². The minimum Gasteiger partial charge on any atom is -0.455 e. The van der Waals surface area contributed by atoms with Crippen LogP contribution in [-0.4, -0.2) is 59.2 Å². The Balaban J connectivity index is 1.42. The molecule has 8 heteroatoms. The number of H-pyrrole nitrogens is 1. The monoisotopic (exact) mass is 547 g/mol. The van der Waals surface area contributed by atoms with Gasteiger partial charge in [0.15, 0.2) is 6.10 Å². The number of hydrogen-bond donors (Lipinski definition) is 2. The molecule has 40 heavy (non-hydrogen) atoms. The molecule has 3 heterocycles. The summed E-state index contributed by atoms with van der Waals surface area (Å²) in [4.78, 5) is 29.3. The number of esters is 2. The molecule has 2 fully saturated rings. The lowest BCUT2D eigenvalue weighted by Gasteiger charge is -2.48. The first kappa shape index (κ1) is 27.0. The highest BCUT2D eigenvalue weighted by Gasteiger charge is 2.69. The quantitative estimate of drug-likeness (QED) is 0.432. The maximum Gasteiger partial charge on any atom is 0.355 e. The van der Waals surface area contributed by atoms with Gasteiger partial charge in [-0.25, -0.2) is 9.59 Å². The van der Waals surface area contributed by atoms with Crippen LogP contribution >= 0.6 is 0 Å². The predicted molar refractivity (Wildman–Crippen MR) is 146 cm³/mol. The Kier molecular flexibility index (Phi) is 6.97. The Labute approximate surface area is 234 Å². The summed E-state index contributed by atoms with van der Waals surface area (Å²) < 4.78 is 24.8. The van der Waals surface area contributed by atoms with Gasteiger partial charge in [0.1, 0.15) is 29.6 Å². The van der Waals surface area contributed by atoms with Crippen LogP contribution in [0, 0.1) is 29.6 Å². The molecule has 2 N–H and O–H groups in total. The number of aliphatic hydroxyl groups is 1. The van der Waals surface area contributed by atoms with E-state index in [0.717, 1.165) is 11.1 Å². The number of aromatic nitrogens is 1. The van der Waals surface area contributed by atoms with Gasteiger partial charge in [-0.1, -0.05) is 62.4 Å². The Morgan fingerprint density at radius 1 is 1.12 bits per heavy atom. The van der Waals surface area contributed by atoms with Crippen molar-refractivity contribution in [2.24, 2.45) is 29.6 Å². The number of ether oxygens (including phenoxy) is 4. The molecule has 212 valence electrons. The summed E-state index contributed by atoms with van der Waals surface area (Å²) in [6, 6.07) is 13.1. The van der Waals surface area contributed by atoms with E-state index in [9.17, 15) is 14.7 Å². The van der Waals surface area contributed by atoms with Crippen molar-refractivity contribution in [3.05, 3.63) is 83.7 Å². The van der Waals surface area contributed by atoms with Crippen molar-refractivity contribution in [1.82, 2.24) is 4.98 Å². The summed E-state index contributed by atoms with van der Waals surface area (Å²) in [6.07, 6.45) is 5.09. The largest absolute Gasteiger partial charge is 0.455 e. The smallest absolute Gasteiger partial charge is 0.355 e. The van der Waals surface area contributed by atoms with Gasteiger partial charge < -0.3 is 29.0 Å². The third-order valence-electron chi connectivity index (χ3n) is 9.54. The third-order valence-corrected chi connectivity index (χ3v) is 9.54. The van der Waals surface area contributed by atoms with E-state index >= 15 is 0 Å². The molecule has 0 radical (unpaired) electrons. The number of cyclic esters (lactones) is 1. The summed E-state index contributed by atoms with van der Waals surface area (Å²) >= 11 is 0. The number of carbonyl (C=O) groups excluding carboxylic acids is 2. The van der Waals surface area contributed by atoms with Crippen molar-refractivity contribution in [3.63, 3.8) is 0 Å². The number of methoxy groups -OCH3 is 1. The molecule has 11 atom stereocenters. The highest BCUT2D eigenvalue weighted by Crippen LogP contribution is 2.61. The Morgan fingerprint density at radius 3 is 2.60 bits per heavy atom. The first-order chi connectivity index (χ1) is 19.3. The van der Waals surface area contributed by atoms with Gasteiger partial charge in [0, 0.05) is 42.9 Å². The summed E-state index contributed by atoms with van der Waals surface area (Å²) in [5.74, 6) is -2.10. The van der Waals surface area contributed by atoms with Gasteiger partial charge in [-0.2, -0.15) is 0 Å². The van der Waals surface area contributed by atoms with Gasteiger partial charge in [-0.3, -0.25) is 0 Å². The van der Waals surface area contributed by atoms with Gasteiger partial charge in [-0.15, -0.1) is 0 Å². The normalized spacial score (nSPS) is 41.8. The third kappa shape index (κ3) is 4.16. The number of benzene rings is 1. The van der Waals surface area contributed by atoms with Crippen molar-refractivity contribution in [1.29, 1.82) is 0 Å². The number of rotatable bonds is 4. The predicted octanol–water partition coefficient (Wildman–Crippen LogP) is 4.39. The SMILES string of the molecule is CO[C@H]1C[C@H]2C=C[C@H]3[C@H]4O[C@]2(/C(C)=C/[C@H](C)[C@@H](c2ccccc2)OC1=O)[C@@H]3[C@H](O)[C@@H](C)[C@H]4OC(=O)c1ccc[nH]1. The van der Waals surface area contributed by atoms with Gasteiger partial charge in [0.2, 0.25) is 0 Å². The summed E-state index contributed by atoms with van der Waals surface area (Å²) in [7, 11) is 1.52. The van der Waals surface area contributed by atoms with E-state index in [1.807, 2.05) is 51.1 Å². The van der Waals surface area contributed by atoms with E-state index in [-0.39, 0.29) is 29.6 Å². The number of aliphatic hydroxyl groups excluding tert-OH is 1. The fourth-order valence-electron chi connectivity index (χ4n) is 7.60. The zero-order valence-electron chi connectivity index (χ0n) is 23.2. The lowest BCUT2D eigenvalue weighted by Crippen LogP contribution is -2.57. The van der Waals surface area contributed by atoms with Gasteiger partial charge in [0.25, 0.3) is 0 Å². The molecule has 1 aromatic carbocycles. The molecule has 0 unspecified atom stereocenters. The lowest BCUT2D eigenvalue weighted by atomic mass is 9.57. The number of nitrogens with one attached hydrogen (secondary N) is 1. The van der Waals surface area contributed by atoms with Crippen LogP contribution in [0.1, 0.15) is 49.3 Å². The van der Waals surface area contributed by atoms with Crippen molar-refractivity contribution in [2.75, 3.05) is 7.11 Å². The Morgan fingerprint density at radius 2 is 1.90 bits per heavy atom. The van der Waals surface area contributed by atoms with Crippen LogP contribution in [0.25, 0.3) is 0 Å². The van der Waals surface area contributed by atoms with E-state index in [4.69, 9.17) is 18.9 Å². The minimum absolute atomic E-state index is 0.150. The van der Waals surface area contributed by atoms with E-state index in [2.05, 4.69) is 23.2 Å².